The van der Waals surface area contributed by atoms with Gasteiger partial charge in [-0.05, 0) is 26.2 Å². The molecule has 1 aromatic rings. The fourth-order valence-corrected chi connectivity index (χ4v) is 1.76. The minimum Gasteiger partial charge on any atom is -0.460 e. The van der Waals surface area contributed by atoms with Gasteiger partial charge in [0.2, 0.25) is 5.82 Å². The van der Waals surface area contributed by atoms with E-state index in [0.717, 1.165) is 12.2 Å². The zero-order valence-electron chi connectivity index (χ0n) is 9.23. The zero-order valence-corrected chi connectivity index (χ0v) is 9.23. The second kappa shape index (κ2) is 3.64. The summed E-state index contributed by atoms with van der Waals surface area (Å²) in [6.07, 6.45) is 1.09. The average molecular weight is 209 g/mol. The monoisotopic (exact) mass is 209 g/mol. The van der Waals surface area contributed by atoms with Gasteiger partial charge >= 0.3 is 5.97 Å². The largest absolute Gasteiger partial charge is 0.460 e. The highest BCUT2D eigenvalue weighted by atomic mass is 16.5. The molecule has 0 radical (unpaired) electrons. The molecule has 0 aliphatic heterocycles. The van der Waals surface area contributed by atoms with Crippen molar-refractivity contribution in [3.8, 4) is 0 Å². The van der Waals surface area contributed by atoms with Crippen molar-refractivity contribution in [2.24, 2.45) is 5.92 Å². The predicted octanol–water partition coefficient (Wildman–Crippen LogP) is 1.34. The van der Waals surface area contributed by atoms with Crippen molar-refractivity contribution in [2.45, 2.75) is 33.2 Å². The SMILES string of the molecule is CCOC(=O)c1nnc(C)n1C1CC1C. The van der Waals surface area contributed by atoms with Crippen LogP contribution in [0.15, 0.2) is 0 Å². The third kappa shape index (κ3) is 1.73. The van der Waals surface area contributed by atoms with Crippen LogP contribution in [0.4, 0.5) is 0 Å². The Kier molecular flexibility index (Phi) is 2.46. The highest BCUT2D eigenvalue weighted by molar-refractivity contribution is 5.85. The topological polar surface area (TPSA) is 57.0 Å². The van der Waals surface area contributed by atoms with E-state index in [2.05, 4.69) is 17.1 Å². The molecule has 0 aromatic carbocycles. The van der Waals surface area contributed by atoms with Crippen molar-refractivity contribution in [2.75, 3.05) is 6.61 Å². The Morgan fingerprint density at radius 1 is 1.60 bits per heavy atom. The third-order valence-corrected chi connectivity index (χ3v) is 2.72. The molecule has 0 saturated heterocycles. The van der Waals surface area contributed by atoms with Gasteiger partial charge in [0.15, 0.2) is 0 Å². The van der Waals surface area contributed by atoms with Crippen LogP contribution in [-0.4, -0.2) is 27.3 Å². The number of esters is 1. The molecular formula is C10H15N3O2. The lowest BCUT2D eigenvalue weighted by molar-refractivity contribution is 0.0505. The molecule has 0 bridgehead atoms. The first-order valence-corrected chi connectivity index (χ1v) is 5.23. The summed E-state index contributed by atoms with van der Waals surface area (Å²) in [5, 5.41) is 7.80. The molecule has 2 rings (SSSR count). The number of hydrogen-bond donors (Lipinski definition) is 0. The Bertz CT molecular complexity index is 386. The van der Waals surface area contributed by atoms with E-state index in [4.69, 9.17) is 4.74 Å². The number of carbonyl (C=O) groups is 1. The summed E-state index contributed by atoms with van der Waals surface area (Å²) in [5.74, 6) is 1.35. The Hall–Kier alpha value is -1.39. The number of carbonyl (C=O) groups excluding carboxylic acids is 1. The lowest BCUT2D eigenvalue weighted by Crippen LogP contribution is -2.14. The summed E-state index contributed by atoms with van der Waals surface area (Å²) < 4.78 is 6.82. The highest BCUT2D eigenvalue weighted by Crippen LogP contribution is 2.43. The number of rotatable bonds is 3. The molecule has 1 saturated carbocycles. The van der Waals surface area contributed by atoms with E-state index in [1.807, 2.05) is 11.5 Å². The predicted molar refractivity (Wildman–Crippen MR) is 53.5 cm³/mol. The average Bonchev–Trinajstić information content (AvgIpc) is 2.75. The summed E-state index contributed by atoms with van der Waals surface area (Å²) >= 11 is 0. The molecule has 5 nitrogen and oxygen atoms in total. The molecule has 1 aliphatic carbocycles. The molecule has 1 fully saturated rings. The van der Waals surface area contributed by atoms with E-state index in [-0.39, 0.29) is 5.97 Å². The molecule has 1 heterocycles. The summed E-state index contributed by atoms with van der Waals surface area (Å²) in [6, 6.07) is 0.374. The van der Waals surface area contributed by atoms with E-state index in [9.17, 15) is 4.79 Å². The molecule has 0 amide bonds. The van der Waals surface area contributed by atoms with Crippen LogP contribution >= 0.6 is 0 Å². The van der Waals surface area contributed by atoms with Gasteiger partial charge in [-0.2, -0.15) is 0 Å². The number of aryl methyl sites for hydroxylation is 1. The Morgan fingerprint density at radius 3 is 2.80 bits per heavy atom. The fourth-order valence-electron chi connectivity index (χ4n) is 1.76. The summed E-state index contributed by atoms with van der Waals surface area (Å²) in [6.45, 7) is 6.16. The first kappa shape index (κ1) is 10.1. The van der Waals surface area contributed by atoms with Crippen LogP contribution in [-0.2, 0) is 4.74 Å². The van der Waals surface area contributed by atoms with Crippen LogP contribution in [0.2, 0.25) is 0 Å². The normalized spacial score (nSPS) is 23.9. The van der Waals surface area contributed by atoms with Crippen molar-refractivity contribution in [1.82, 2.24) is 14.8 Å². The molecule has 2 atom stereocenters. The van der Waals surface area contributed by atoms with Gasteiger partial charge in [0, 0.05) is 6.04 Å². The smallest absolute Gasteiger partial charge is 0.376 e. The van der Waals surface area contributed by atoms with Gasteiger partial charge in [0.05, 0.1) is 6.61 Å². The van der Waals surface area contributed by atoms with Crippen molar-refractivity contribution < 1.29 is 9.53 Å². The molecule has 2 unspecified atom stereocenters. The Labute approximate surface area is 88.4 Å². The van der Waals surface area contributed by atoms with Crippen LogP contribution < -0.4 is 0 Å². The number of ether oxygens (including phenoxy) is 1. The Balaban J connectivity index is 2.27. The van der Waals surface area contributed by atoms with Gasteiger partial charge in [0.1, 0.15) is 5.82 Å². The molecule has 0 N–H and O–H groups in total. The van der Waals surface area contributed by atoms with Crippen LogP contribution in [0.1, 0.15) is 42.8 Å². The standard InChI is InChI=1S/C10H15N3O2/c1-4-15-10(14)9-12-11-7(3)13(9)8-5-6(8)2/h6,8H,4-5H2,1-3H3. The fraction of sp³-hybridized carbons (Fsp3) is 0.700. The zero-order chi connectivity index (χ0) is 11.0. The molecule has 15 heavy (non-hydrogen) atoms. The second-order valence-corrected chi connectivity index (χ2v) is 3.94. The molecule has 1 aromatic heterocycles. The summed E-state index contributed by atoms with van der Waals surface area (Å²) in [5.41, 5.74) is 0. The van der Waals surface area contributed by atoms with Gasteiger partial charge in [-0.1, -0.05) is 6.92 Å². The van der Waals surface area contributed by atoms with Crippen molar-refractivity contribution in [3.63, 3.8) is 0 Å². The van der Waals surface area contributed by atoms with E-state index in [1.165, 1.54) is 0 Å². The maximum Gasteiger partial charge on any atom is 0.376 e. The highest BCUT2D eigenvalue weighted by Gasteiger charge is 2.38. The van der Waals surface area contributed by atoms with E-state index >= 15 is 0 Å². The first-order chi connectivity index (χ1) is 7.15. The van der Waals surface area contributed by atoms with E-state index in [1.54, 1.807) is 6.92 Å². The van der Waals surface area contributed by atoms with Crippen molar-refractivity contribution >= 4 is 5.97 Å². The van der Waals surface area contributed by atoms with E-state index in [0.29, 0.717) is 24.4 Å². The number of hydrogen-bond acceptors (Lipinski definition) is 4. The minimum atomic E-state index is -0.378. The first-order valence-electron chi connectivity index (χ1n) is 5.23. The molecular weight excluding hydrogens is 194 g/mol. The summed E-state index contributed by atoms with van der Waals surface area (Å²) in [7, 11) is 0. The van der Waals surface area contributed by atoms with Gasteiger partial charge in [-0.3, -0.25) is 0 Å². The minimum absolute atomic E-state index is 0.337. The number of aromatic nitrogens is 3. The van der Waals surface area contributed by atoms with Crippen LogP contribution in [0, 0.1) is 12.8 Å². The summed E-state index contributed by atoms with van der Waals surface area (Å²) in [4.78, 5) is 11.6. The van der Waals surface area contributed by atoms with Crippen molar-refractivity contribution in [1.29, 1.82) is 0 Å². The Morgan fingerprint density at radius 2 is 2.27 bits per heavy atom. The van der Waals surface area contributed by atoms with E-state index < -0.39 is 0 Å². The van der Waals surface area contributed by atoms with Crippen LogP contribution in [0.5, 0.6) is 0 Å². The third-order valence-electron chi connectivity index (χ3n) is 2.72. The maximum atomic E-state index is 11.6. The van der Waals surface area contributed by atoms with Gasteiger partial charge in [-0.25, -0.2) is 4.79 Å². The van der Waals surface area contributed by atoms with Crippen molar-refractivity contribution in [3.05, 3.63) is 11.6 Å². The maximum absolute atomic E-state index is 11.6. The van der Waals surface area contributed by atoms with Gasteiger partial charge < -0.3 is 9.30 Å². The molecule has 0 spiro atoms. The van der Waals surface area contributed by atoms with Crippen LogP contribution in [0.3, 0.4) is 0 Å². The second-order valence-electron chi connectivity index (χ2n) is 3.94. The molecule has 5 heteroatoms. The van der Waals surface area contributed by atoms with Gasteiger partial charge in [-0.15, -0.1) is 10.2 Å². The molecule has 82 valence electrons. The quantitative estimate of drug-likeness (QED) is 0.705. The molecule has 1 aliphatic rings. The van der Waals surface area contributed by atoms with Gasteiger partial charge in [0.25, 0.3) is 0 Å². The van der Waals surface area contributed by atoms with Crippen LogP contribution in [0.25, 0.3) is 0 Å². The lowest BCUT2D eigenvalue weighted by Gasteiger charge is -2.06. The lowest BCUT2D eigenvalue weighted by atomic mass is 10.4. The number of nitrogens with zero attached hydrogens (tertiary/aromatic N) is 3.